The molecule has 0 saturated heterocycles. The Hall–Kier alpha value is -1.86. The first-order valence-electron chi connectivity index (χ1n) is 7.16. The topological polar surface area (TPSA) is 79.5 Å². The van der Waals surface area contributed by atoms with Gasteiger partial charge in [0, 0.05) is 16.4 Å². The lowest BCUT2D eigenvalue weighted by Gasteiger charge is -2.25. The molecule has 0 radical (unpaired) electrons. The zero-order chi connectivity index (χ0) is 19.2. The number of anilines is 2. The summed E-state index contributed by atoms with van der Waals surface area (Å²) in [7, 11) is 0. The largest absolute Gasteiger partial charge is 0.421 e. The molecule has 3 amide bonds. The number of hydrogen-bond acceptors (Lipinski definition) is 3. The second kappa shape index (κ2) is 9.19. The van der Waals surface area contributed by atoms with Gasteiger partial charge in [-0.25, -0.2) is 9.59 Å². The lowest BCUT2D eigenvalue weighted by molar-refractivity contribution is 0.0985. The first kappa shape index (κ1) is 20.5. The van der Waals surface area contributed by atoms with E-state index in [0.29, 0.717) is 16.4 Å². The van der Waals surface area contributed by atoms with Gasteiger partial charge in [-0.2, -0.15) is 0 Å². The summed E-state index contributed by atoms with van der Waals surface area (Å²) in [6, 6.07) is 14.1. The van der Waals surface area contributed by atoms with Gasteiger partial charge in [-0.1, -0.05) is 64.6 Å². The standard InChI is InChI=1S/C16H13Cl4N3O3/c17-10-6-8-12(9-7-10)22-15(25)26-13(16(18,19)20)23-14(24)21-11-4-2-1-3-5-11/h1-9,13H,(H,22,25)(H2,21,23,24). The molecule has 6 nitrogen and oxygen atoms in total. The van der Waals surface area contributed by atoms with Crippen LogP contribution in [-0.4, -0.2) is 22.1 Å². The molecule has 0 heterocycles. The lowest BCUT2D eigenvalue weighted by Crippen LogP contribution is -2.48. The third-order valence-corrected chi connectivity index (χ3v) is 3.75. The van der Waals surface area contributed by atoms with E-state index in [1.807, 2.05) is 0 Å². The third kappa shape index (κ3) is 6.80. The highest BCUT2D eigenvalue weighted by Gasteiger charge is 2.37. The molecule has 0 aromatic heterocycles. The predicted molar refractivity (Wildman–Crippen MR) is 104 cm³/mol. The Balaban J connectivity index is 1.97. The number of rotatable bonds is 4. The molecule has 0 aliphatic carbocycles. The Morgan fingerprint density at radius 3 is 2.04 bits per heavy atom. The second-order valence-electron chi connectivity index (χ2n) is 4.92. The van der Waals surface area contributed by atoms with Crippen molar-refractivity contribution in [1.82, 2.24) is 5.32 Å². The van der Waals surface area contributed by atoms with Crippen molar-refractivity contribution in [3.05, 3.63) is 59.6 Å². The molecule has 0 aliphatic heterocycles. The molecule has 0 bridgehead atoms. The zero-order valence-electron chi connectivity index (χ0n) is 13.0. The number of alkyl halides is 3. The van der Waals surface area contributed by atoms with Crippen LogP contribution in [-0.2, 0) is 4.74 Å². The molecule has 10 heteroatoms. The van der Waals surface area contributed by atoms with Gasteiger partial charge in [0.15, 0.2) is 0 Å². The van der Waals surface area contributed by atoms with Crippen LogP contribution < -0.4 is 16.0 Å². The van der Waals surface area contributed by atoms with E-state index in [4.69, 9.17) is 51.1 Å². The van der Waals surface area contributed by atoms with Crippen LogP contribution >= 0.6 is 46.4 Å². The monoisotopic (exact) mass is 435 g/mol. The van der Waals surface area contributed by atoms with Crippen LogP contribution in [0.25, 0.3) is 0 Å². The maximum Gasteiger partial charge on any atom is 0.413 e. The molecular formula is C16H13Cl4N3O3. The quantitative estimate of drug-likeness (QED) is 0.443. The summed E-state index contributed by atoms with van der Waals surface area (Å²) in [4.78, 5) is 24.0. The summed E-state index contributed by atoms with van der Waals surface area (Å²) in [6.07, 6.45) is -2.47. The van der Waals surface area contributed by atoms with Gasteiger partial charge in [0.1, 0.15) is 0 Å². The van der Waals surface area contributed by atoms with Crippen LogP contribution in [0.1, 0.15) is 0 Å². The van der Waals surface area contributed by atoms with E-state index in [0.717, 1.165) is 0 Å². The van der Waals surface area contributed by atoms with E-state index in [1.165, 1.54) is 0 Å². The number of benzene rings is 2. The Kier molecular flexibility index (Phi) is 7.23. The average Bonchev–Trinajstić information content (AvgIpc) is 2.56. The number of halogens is 4. The maximum absolute atomic E-state index is 12.0. The van der Waals surface area contributed by atoms with E-state index >= 15 is 0 Å². The van der Waals surface area contributed by atoms with Crippen LogP contribution in [0.4, 0.5) is 21.0 Å². The fraction of sp³-hybridized carbons (Fsp3) is 0.125. The van der Waals surface area contributed by atoms with E-state index in [-0.39, 0.29) is 0 Å². The Morgan fingerprint density at radius 1 is 0.885 bits per heavy atom. The molecule has 0 saturated carbocycles. The molecule has 0 spiro atoms. The maximum atomic E-state index is 12.0. The van der Waals surface area contributed by atoms with Crippen LogP contribution in [0.2, 0.25) is 5.02 Å². The first-order valence-corrected chi connectivity index (χ1v) is 8.68. The van der Waals surface area contributed by atoms with E-state index < -0.39 is 22.1 Å². The van der Waals surface area contributed by atoms with Crippen molar-refractivity contribution in [1.29, 1.82) is 0 Å². The highest BCUT2D eigenvalue weighted by atomic mass is 35.6. The fourth-order valence-electron chi connectivity index (χ4n) is 1.77. The number of para-hydroxylation sites is 1. The van der Waals surface area contributed by atoms with Crippen molar-refractivity contribution in [3.8, 4) is 0 Å². The molecule has 2 aromatic carbocycles. The minimum absolute atomic E-state index is 0.413. The van der Waals surface area contributed by atoms with Crippen molar-refractivity contribution in [3.63, 3.8) is 0 Å². The second-order valence-corrected chi connectivity index (χ2v) is 7.73. The van der Waals surface area contributed by atoms with Gasteiger partial charge < -0.3 is 10.1 Å². The average molecular weight is 437 g/mol. The third-order valence-electron chi connectivity index (χ3n) is 2.91. The number of amides is 3. The summed E-state index contributed by atoms with van der Waals surface area (Å²) in [6.45, 7) is 0. The number of hydrogen-bond donors (Lipinski definition) is 3. The number of urea groups is 1. The fourth-order valence-corrected chi connectivity index (χ4v) is 2.20. The van der Waals surface area contributed by atoms with E-state index in [9.17, 15) is 9.59 Å². The molecule has 2 rings (SSSR count). The molecule has 26 heavy (non-hydrogen) atoms. The SMILES string of the molecule is O=C(Nc1ccccc1)NC(OC(=O)Nc1ccc(Cl)cc1)C(Cl)(Cl)Cl. The molecule has 1 atom stereocenters. The Morgan fingerprint density at radius 2 is 1.46 bits per heavy atom. The van der Waals surface area contributed by atoms with Crippen molar-refractivity contribution in [2.75, 3.05) is 10.6 Å². The minimum atomic E-state index is -2.09. The van der Waals surface area contributed by atoms with Crippen LogP contribution in [0, 0.1) is 0 Å². The molecular weight excluding hydrogens is 424 g/mol. The molecule has 0 aliphatic rings. The lowest BCUT2D eigenvalue weighted by atomic mass is 10.3. The van der Waals surface area contributed by atoms with E-state index in [1.54, 1.807) is 54.6 Å². The number of nitrogens with one attached hydrogen (secondary N) is 3. The normalized spacial score (nSPS) is 12.0. The molecule has 2 aromatic rings. The molecule has 138 valence electrons. The van der Waals surface area contributed by atoms with E-state index in [2.05, 4.69) is 16.0 Å². The summed E-state index contributed by atoms with van der Waals surface area (Å²) in [5, 5.41) is 7.73. The van der Waals surface area contributed by atoms with Crippen molar-refractivity contribution < 1.29 is 14.3 Å². The van der Waals surface area contributed by atoms with Crippen molar-refractivity contribution in [2.45, 2.75) is 10.0 Å². The van der Waals surface area contributed by atoms with Crippen molar-refractivity contribution >= 4 is 69.9 Å². The highest BCUT2D eigenvalue weighted by Crippen LogP contribution is 2.31. The minimum Gasteiger partial charge on any atom is -0.421 e. The van der Waals surface area contributed by atoms with Gasteiger partial charge in [-0.3, -0.25) is 10.6 Å². The van der Waals surface area contributed by atoms with Gasteiger partial charge in [-0.15, -0.1) is 0 Å². The zero-order valence-corrected chi connectivity index (χ0v) is 16.0. The number of ether oxygens (including phenoxy) is 1. The molecule has 3 N–H and O–H groups in total. The van der Waals surface area contributed by atoms with Crippen LogP contribution in [0.15, 0.2) is 54.6 Å². The van der Waals surface area contributed by atoms with Gasteiger partial charge in [-0.05, 0) is 36.4 Å². The van der Waals surface area contributed by atoms with Crippen LogP contribution in [0.3, 0.4) is 0 Å². The molecule has 1 unspecified atom stereocenters. The van der Waals surface area contributed by atoms with Gasteiger partial charge >= 0.3 is 12.1 Å². The summed E-state index contributed by atoms with van der Waals surface area (Å²) < 4.78 is 2.91. The Bertz CT molecular complexity index is 752. The summed E-state index contributed by atoms with van der Waals surface area (Å²) in [5.41, 5.74) is 0.926. The van der Waals surface area contributed by atoms with Gasteiger partial charge in [0.05, 0.1) is 0 Å². The first-order chi connectivity index (χ1) is 12.2. The number of carbonyl (C=O) groups excluding carboxylic acids is 2. The van der Waals surface area contributed by atoms with Gasteiger partial charge in [0.2, 0.25) is 10.0 Å². The summed E-state index contributed by atoms with van der Waals surface area (Å²) >= 11 is 23.1. The highest BCUT2D eigenvalue weighted by molar-refractivity contribution is 6.68. The summed E-state index contributed by atoms with van der Waals surface area (Å²) in [5.74, 6) is 0. The number of carbonyl (C=O) groups is 2. The smallest absolute Gasteiger partial charge is 0.413 e. The predicted octanol–water partition coefficient (Wildman–Crippen LogP) is 5.41. The Labute approximate surface area is 169 Å². The molecule has 0 fully saturated rings. The van der Waals surface area contributed by atoms with Crippen LogP contribution in [0.5, 0.6) is 0 Å². The van der Waals surface area contributed by atoms with Gasteiger partial charge in [0.25, 0.3) is 0 Å². The van der Waals surface area contributed by atoms with Crippen molar-refractivity contribution in [2.24, 2.45) is 0 Å².